The lowest BCUT2D eigenvalue weighted by Crippen LogP contribution is -2.14. The lowest BCUT2D eigenvalue weighted by molar-refractivity contribution is 0.0601. The molecule has 0 aromatic heterocycles. The van der Waals surface area contributed by atoms with Gasteiger partial charge in [0.1, 0.15) is 11.0 Å². The van der Waals surface area contributed by atoms with Crippen molar-refractivity contribution < 1.29 is 17.9 Å². The second kappa shape index (κ2) is 6.28. The van der Waals surface area contributed by atoms with Crippen molar-refractivity contribution in [3.05, 3.63) is 59.7 Å². The topological polar surface area (TPSA) is 96.3 Å². The van der Waals surface area contributed by atoms with Crippen LogP contribution in [0.3, 0.4) is 0 Å². The maximum atomic E-state index is 12.3. The number of nitrogens with one attached hydrogen (secondary N) is 1. The van der Waals surface area contributed by atoms with Crippen LogP contribution in [0.25, 0.3) is 0 Å². The summed E-state index contributed by atoms with van der Waals surface area (Å²) in [7, 11) is -2.62. The summed E-state index contributed by atoms with van der Waals surface area (Å²) >= 11 is 0. The zero-order chi connectivity index (χ0) is 16.2. The lowest BCUT2D eigenvalue weighted by Gasteiger charge is -2.09. The van der Waals surface area contributed by atoms with E-state index >= 15 is 0 Å². The highest BCUT2D eigenvalue weighted by Gasteiger charge is 2.18. The van der Waals surface area contributed by atoms with Crippen LogP contribution >= 0.6 is 0 Å². The summed E-state index contributed by atoms with van der Waals surface area (Å²) in [6.45, 7) is 0. The Morgan fingerprint density at radius 1 is 1.14 bits per heavy atom. The Morgan fingerprint density at radius 3 is 2.36 bits per heavy atom. The van der Waals surface area contributed by atoms with Gasteiger partial charge in [0.05, 0.1) is 18.2 Å². The molecule has 0 radical (unpaired) electrons. The number of esters is 1. The van der Waals surface area contributed by atoms with Crippen molar-refractivity contribution in [3.63, 3.8) is 0 Å². The Kier molecular flexibility index (Phi) is 4.44. The fourth-order valence-electron chi connectivity index (χ4n) is 1.80. The number of hydrogen-bond donors (Lipinski definition) is 1. The number of anilines is 1. The number of nitrogens with zero attached hydrogens (tertiary/aromatic N) is 1. The van der Waals surface area contributed by atoms with Gasteiger partial charge in [0.15, 0.2) is 0 Å². The highest BCUT2D eigenvalue weighted by molar-refractivity contribution is 7.92. The summed E-state index contributed by atoms with van der Waals surface area (Å²) < 4.78 is 31.5. The number of ether oxygens (including phenoxy) is 1. The first-order valence-corrected chi connectivity index (χ1v) is 7.66. The number of methoxy groups -OCH3 is 1. The predicted octanol–water partition coefficient (Wildman–Crippen LogP) is 2.15. The van der Waals surface area contributed by atoms with Gasteiger partial charge in [-0.2, -0.15) is 5.26 Å². The van der Waals surface area contributed by atoms with Crippen molar-refractivity contribution in [2.24, 2.45) is 0 Å². The summed E-state index contributed by atoms with van der Waals surface area (Å²) in [6, 6.07) is 13.5. The van der Waals surface area contributed by atoms with Crippen molar-refractivity contribution >= 4 is 21.7 Å². The fraction of sp³-hybridized carbons (Fsp3) is 0.0667. The second-order valence-electron chi connectivity index (χ2n) is 4.28. The molecule has 0 spiro atoms. The van der Waals surface area contributed by atoms with E-state index in [0.717, 1.165) is 0 Å². The summed E-state index contributed by atoms with van der Waals surface area (Å²) in [4.78, 5) is 11.2. The van der Waals surface area contributed by atoms with Gasteiger partial charge in [-0.25, -0.2) is 13.2 Å². The molecule has 0 aliphatic rings. The monoisotopic (exact) mass is 316 g/mol. The van der Waals surface area contributed by atoms with Gasteiger partial charge < -0.3 is 4.74 Å². The normalized spacial score (nSPS) is 10.5. The summed E-state index contributed by atoms with van der Waals surface area (Å²) in [5.41, 5.74) is 0.643. The van der Waals surface area contributed by atoms with E-state index in [1.54, 1.807) is 6.07 Å². The Morgan fingerprint density at radius 2 is 1.77 bits per heavy atom. The van der Waals surface area contributed by atoms with Gasteiger partial charge in [0.2, 0.25) is 0 Å². The van der Waals surface area contributed by atoms with Crippen LogP contribution in [0, 0.1) is 11.3 Å². The Hall–Kier alpha value is -2.85. The van der Waals surface area contributed by atoms with Crippen LogP contribution < -0.4 is 4.72 Å². The number of carbonyl (C=O) groups is 1. The Labute approximate surface area is 128 Å². The van der Waals surface area contributed by atoms with Gasteiger partial charge in [-0.3, -0.25) is 4.72 Å². The van der Waals surface area contributed by atoms with Crippen molar-refractivity contribution in [3.8, 4) is 6.07 Å². The quantitative estimate of drug-likeness (QED) is 0.872. The highest BCUT2D eigenvalue weighted by atomic mass is 32.2. The first-order valence-electron chi connectivity index (χ1n) is 6.18. The Balaban J connectivity index is 2.30. The summed E-state index contributed by atoms with van der Waals surface area (Å²) in [5, 5.41) is 8.98. The van der Waals surface area contributed by atoms with Gasteiger partial charge >= 0.3 is 5.97 Å². The molecule has 0 saturated carbocycles. The average molecular weight is 316 g/mol. The zero-order valence-electron chi connectivity index (χ0n) is 11.6. The van der Waals surface area contributed by atoms with Crippen LogP contribution in [-0.4, -0.2) is 21.5 Å². The van der Waals surface area contributed by atoms with Crippen molar-refractivity contribution in [2.45, 2.75) is 4.90 Å². The maximum Gasteiger partial charge on any atom is 0.337 e. The predicted molar refractivity (Wildman–Crippen MR) is 79.7 cm³/mol. The SMILES string of the molecule is COC(=O)c1ccc(NS(=O)(=O)c2ccccc2C#N)cc1. The molecule has 2 rings (SSSR count). The third-order valence-corrected chi connectivity index (χ3v) is 4.29. The third-order valence-electron chi connectivity index (χ3n) is 2.86. The highest BCUT2D eigenvalue weighted by Crippen LogP contribution is 2.19. The van der Waals surface area contributed by atoms with Gasteiger partial charge in [0.25, 0.3) is 10.0 Å². The first kappa shape index (κ1) is 15.5. The van der Waals surface area contributed by atoms with Gasteiger partial charge in [-0.05, 0) is 36.4 Å². The first-order chi connectivity index (χ1) is 10.5. The molecular weight excluding hydrogens is 304 g/mol. The smallest absolute Gasteiger partial charge is 0.337 e. The third kappa shape index (κ3) is 3.24. The molecule has 0 heterocycles. The van der Waals surface area contributed by atoms with Crippen LogP contribution in [-0.2, 0) is 14.8 Å². The van der Waals surface area contributed by atoms with E-state index in [0.29, 0.717) is 5.56 Å². The molecule has 7 heteroatoms. The number of benzene rings is 2. The van der Waals surface area contributed by atoms with E-state index in [4.69, 9.17) is 5.26 Å². The molecule has 112 valence electrons. The van der Waals surface area contributed by atoms with Crippen LogP contribution in [0.2, 0.25) is 0 Å². The minimum absolute atomic E-state index is 0.0566. The number of hydrogen-bond acceptors (Lipinski definition) is 5. The second-order valence-corrected chi connectivity index (χ2v) is 5.93. The Bertz CT molecular complexity index is 837. The van der Waals surface area contributed by atoms with Gasteiger partial charge in [0, 0.05) is 5.69 Å². The summed E-state index contributed by atoms with van der Waals surface area (Å²) in [6.07, 6.45) is 0. The molecular formula is C15H12N2O4S. The number of nitriles is 1. The average Bonchev–Trinajstić information content (AvgIpc) is 2.54. The number of rotatable bonds is 4. The standard InChI is InChI=1S/C15H12N2O4S/c1-21-15(18)11-6-8-13(9-7-11)17-22(19,20)14-5-3-2-4-12(14)10-16/h2-9,17H,1H3. The number of carbonyl (C=O) groups excluding carboxylic acids is 1. The minimum atomic E-state index is -3.88. The molecule has 0 aliphatic heterocycles. The fourth-order valence-corrected chi connectivity index (χ4v) is 3.01. The van der Waals surface area contributed by atoms with Gasteiger partial charge in [-0.1, -0.05) is 12.1 Å². The maximum absolute atomic E-state index is 12.3. The molecule has 0 bridgehead atoms. The molecule has 1 N–H and O–H groups in total. The van der Waals surface area contributed by atoms with E-state index in [2.05, 4.69) is 9.46 Å². The summed E-state index contributed by atoms with van der Waals surface area (Å²) in [5.74, 6) is -0.510. The van der Waals surface area contributed by atoms with Crippen molar-refractivity contribution in [1.82, 2.24) is 0 Å². The molecule has 2 aromatic rings. The van der Waals surface area contributed by atoms with E-state index in [1.165, 1.54) is 49.6 Å². The molecule has 0 fully saturated rings. The zero-order valence-corrected chi connectivity index (χ0v) is 12.4. The van der Waals surface area contributed by atoms with Crippen LogP contribution in [0.15, 0.2) is 53.4 Å². The van der Waals surface area contributed by atoms with Crippen LogP contribution in [0.1, 0.15) is 15.9 Å². The number of sulfonamides is 1. The molecule has 0 saturated heterocycles. The van der Waals surface area contributed by atoms with Crippen LogP contribution in [0.4, 0.5) is 5.69 Å². The van der Waals surface area contributed by atoms with Crippen molar-refractivity contribution in [1.29, 1.82) is 5.26 Å². The van der Waals surface area contributed by atoms with E-state index < -0.39 is 16.0 Å². The molecule has 2 aromatic carbocycles. The van der Waals surface area contributed by atoms with E-state index in [1.807, 2.05) is 6.07 Å². The molecule has 22 heavy (non-hydrogen) atoms. The molecule has 0 atom stereocenters. The largest absolute Gasteiger partial charge is 0.465 e. The molecule has 0 amide bonds. The van der Waals surface area contributed by atoms with Crippen LogP contribution in [0.5, 0.6) is 0 Å². The minimum Gasteiger partial charge on any atom is -0.465 e. The molecule has 0 unspecified atom stereocenters. The molecule has 6 nitrogen and oxygen atoms in total. The molecule has 0 aliphatic carbocycles. The van der Waals surface area contributed by atoms with Gasteiger partial charge in [-0.15, -0.1) is 0 Å². The van der Waals surface area contributed by atoms with E-state index in [-0.39, 0.29) is 16.1 Å². The lowest BCUT2D eigenvalue weighted by atomic mass is 10.2. The van der Waals surface area contributed by atoms with E-state index in [9.17, 15) is 13.2 Å². The van der Waals surface area contributed by atoms with Crippen molar-refractivity contribution in [2.75, 3.05) is 11.8 Å².